The van der Waals surface area contributed by atoms with Gasteiger partial charge in [0.25, 0.3) is 5.91 Å². The molecule has 0 spiro atoms. The van der Waals surface area contributed by atoms with Gasteiger partial charge in [-0.25, -0.2) is 13.1 Å². The van der Waals surface area contributed by atoms with Crippen LogP contribution in [0.5, 0.6) is 0 Å². The number of aromatic nitrogens is 1. The predicted molar refractivity (Wildman–Crippen MR) is 101 cm³/mol. The first-order valence-corrected chi connectivity index (χ1v) is 10.0. The Morgan fingerprint density at radius 1 is 0.897 bits per heavy atom. The molecule has 0 radical (unpaired) electrons. The van der Waals surface area contributed by atoms with Crippen LogP contribution in [0.2, 0.25) is 0 Å². The summed E-state index contributed by atoms with van der Waals surface area (Å²) in [5, 5.41) is 0. The zero-order valence-corrected chi connectivity index (χ0v) is 15.7. The summed E-state index contributed by atoms with van der Waals surface area (Å²) in [7, 11) is -4.37. The summed E-state index contributed by atoms with van der Waals surface area (Å²) in [4.78, 5) is 16.2. The van der Waals surface area contributed by atoms with Crippen molar-refractivity contribution in [3.63, 3.8) is 0 Å². The number of benzene rings is 2. The Morgan fingerprint density at radius 3 is 2.17 bits per heavy atom. The molecule has 0 aliphatic heterocycles. The number of alkyl halides is 3. The fourth-order valence-electron chi connectivity index (χ4n) is 2.69. The Kier molecular flexibility index (Phi) is 5.69. The lowest BCUT2D eigenvalue weighted by atomic mass is 10.1. The molecule has 29 heavy (non-hydrogen) atoms. The van der Waals surface area contributed by atoms with Crippen molar-refractivity contribution in [1.82, 2.24) is 9.71 Å². The van der Waals surface area contributed by atoms with E-state index in [0.717, 1.165) is 29.3 Å². The molecule has 1 N–H and O–H groups in total. The van der Waals surface area contributed by atoms with E-state index in [0.29, 0.717) is 0 Å². The molecule has 9 heteroatoms. The van der Waals surface area contributed by atoms with E-state index in [1.54, 1.807) is 10.8 Å². The summed E-state index contributed by atoms with van der Waals surface area (Å²) in [5.41, 5.74) is -0.0966. The number of carbonyl (C=O) groups excluding carboxylic acids is 1. The number of hydrogen-bond acceptors (Lipinski definition) is 4. The number of carbonyl (C=O) groups is 1. The zero-order chi connectivity index (χ0) is 21.1. The minimum atomic E-state index is -4.70. The molecule has 0 aliphatic rings. The highest BCUT2D eigenvalue weighted by atomic mass is 32.2. The van der Waals surface area contributed by atoms with E-state index >= 15 is 0 Å². The first-order valence-electron chi connectivity index (χ1n) is 8.37. The van der Waals surface area contributed by atoms with E-state index in [1.807, 2.05) is 30.3 Å². The van der Waals surface area contributed by atoms with E-state index in [9.17, 15) is 26.4 Å². The lowest BCUT2D eigenvalue weighted by Gasteiger charge is -2.13. The summed E-state index contributed by atoms with van der Waals surface area (Å²) >= 11 is 0. The maximum Gasteiger partial charge on any atom is 0.416 e. The van der Waals surface area contributed by atoms with Crippen LogP contribution in [-0.2, 0) is 22.0 Å². The number of sulfonamides is 1. The molecule has 0 fully saturated rings. The molecule has 1 heterocycles. The summed E-state index contributed by atoms with van der Waals surface area (Å²) < 4.78 is 65.3. The van der Waals surface area contributed by atoms with E-state index in [4.69, 9.17) is 0 Å². The predicted octanol–water partition coefficient (Wildman–Crippen LogP) is 4.03. The molecule has 1 aromatic heterocycles. The molecule has 0 atom stereocenters. The third kappa shape index (κ3) is 5.20. The first kappa shape index (κ1) is 20.5. The topological polar surface area (TPSA) is 76.1 Å². The number of hydrogen-bond donors (Lipinski definition) is 1. The standard InChI is InChI=1S/C20H15F3N2O3S/c21-20(22,23)17-9-5-4-8-16(17)13-29(27,28)25-19(26)18-11-10-15(12-24-18)14-6-2-1-3-7-14/h1-12H,13H2,(H,25,26). The second kappa shape index (κ2) is 8.04. The van der Waals surface area contributed by atoms with E-state index < -0.39 is 39.0 Å². The Balaban J connectivity index is 1.75. The second-order valence-corrected chi connectivity index (χ2v) is 7.87. The van der Waals surface area contributed by atoms with Crippen molar-refractivity contribution < 1.29 is 26.4 Å². The Labute approximate surface area is 165 Å². The monoisotopic (exact) mass is 420 g/mol. The van der Waals surface area contributed by atoms with Gasteiger partial charge in [-0.3, -0.25) is 9.78 Å². The van der Waals surface area contributed by atoms with Crippen LogP contribution in [-0.4, -0.2) is 19.3 Å². The van der Waals surface area contributed by atoms with Crippen LogP contribution in [0.15, 0.2) is 72.9 Å². The number of nitrogens with zero attached hydrogens (tertiary/aromatic N) is 1. The first-order chi connectivity index (χ1) is 13.7. The number of amides is 1. The molecule has 1 amide bonds. The number of nitrogens with one attached hydrogen (secondary N) is 1. The normalized spacial score (nSPS) is 11.8. The molecule has 2 aromatic carbocycles. The number of rotatable bonds is 5. The van der Waals surface area contributed by atoms with Crippen LogP contribution in [0.25, 0.3) is 11.1 Å². The van der Waals surface area contributed by atoms with Crippen LogP contribution in [0.3, 0.4) is 0 Å². The molecule has 0 bridgehead atoms. The average molecular weight is 420 g/mol. The highest BCUT2D eigenvalue weighted by Crippen LogP contribution is 2.32. The minimum Gasteiger partial charge on any atom is -0.266 e. The molecule has 0 saturated carbocycles. The van der Waals surface area contributed by atoms with E-state index in [1.165, 1.54) is 18.3 Å². The van der Waals surface area contributed by atoms with Crippen LogP contribution < -0.4 is 4.72 Å². The molecule has 3 rings (SSSR count). The van der Waals surface area contributed by atoms with Crippen LogP contribution in [0, 0.1) is 0 Å². The molecule has 0 aliphatic carbocycles. The third-order valence-electron chi connectivity index (χ3n) is 4.02. The van der Waals surface area contributed by atoms with Crippen LogP contribution in [0.1, 0.15) is 21.6 Å². The molecule has 150 valence electrons. The summed E-state index contributed by atoms with van der Waals surface area (Å²) in [6.07, 6.45) is -3.29. The fourth-order valence-corrected chi connectivity index (χ4v) is 3.81. The zero-order valence-electron chi connectivity index (χ0n) is 14.8. The maximum atomic E-state index is 13.0. The number of halogens is 3. The van der Waals surface area contributed by atoms with Crippen molar-refractivity contribution in [3.8, 4) is 11.1 Å². The van der Waals surface area contributed by atoms with Gasteiger partial charge >= 0.3 is 6.18 Å². The van der Waals surface area contributed by atoms with Crippen molar-refractivity contribution in [1.29, 1.82) is 0 Å². The average Bonchev–Trinajstić information content (AvgIpc) is 2.67. The van der Waals surface area contributed by atoms with Gasteiger partial charge in [0.2, 0.25) is 10.0 Å². The van der Waals surface area contributed by atoms with Crippen molar-refractivity contribution in [2.75, 3.05) is 0 Å². The van der Waals surface area contributed by atoms with Gasteiger partial charge in [-0.2, -0.15) is 13.2 Å². The summed E-state index contributed by atoms with van der Waals surface area (Å²) in [5.74, 6) is -2.01. The molecule has 3 aromatic rings. The Morgan fingerprint density at radius 2 is 1.55 bits per heavy atom. The molecule has 5 nitrogen and oxygen atoms in total. The van der Waals surface area contributed by atoms with Crippen molar-refractivity contribution in [2.24, 2.45) is 0 Å². The van der Waals surface area contributed by atoms with Crippen LogP contribution >= 0.6 is 0 Å². The lowest BCUT2D eigenvalue weighted by Crippen LogP contribution is -2.32. The van der Waals surface area contributed by atoms with Crippen molar-refractivity contribution in [3.05, 3.63) is 89.7 Å². The largest absolute Gasteiger partial charge is 0.416 e. The van der Waals surface area contributed by atoms with Gasteiger partial charge in [0.05, 0.1) is 11.3 Å². The molecule has 0 saturated heterocycles. The summed E-state index contributed by atoms with van der Waals surface area (Å²) in [6.45, 7) is 0. The highest BCUT2D eigenvalue weighted by molar-refractivity contribution is 7.89. The second-order valence-electron chi connectivity index (χ2n) is 6.14. The maximum absolute atomic E-state index is 13.0. The van der Waals surface area contributed by atoms with Gasteiger partial charge in [0, 0.05) is 11.8 Å². The van der Waals surface area contributed by atoms with Gasteiger partial charge < -0.3 is 0 Å². The SMILES string of the molecule is O=C(NS(=O)(=O)Cc1ccccc1C(F)(F)F)c1ccc(-c2ccccc2)cn1. The van der Waals surface area contributed by atoms with E-state index in [2.05, 4.69) is 4.98 Å². The van der Waals surface area contributed by atoms with Crippen LogP contribution in [0.4, 0.5) is 13.2 Å². The van der Waals surface area contributed by atoms with E-state index in [-0.39, 0.29) is 5.69 Å². The quantitative estimate of drug-likeness (QED) is 0.676. The van der Waals surface area contributed by atoms with Gasteiger partial charge in [0.15, 0.2) is 0 Å². The van der Waals surface area contributed by atoms with Crippen molar-refractivity contribution in [2.45, 2.75) is 11.9 Å². The molecule has 0 unspecified atom stereocenters. The fraction of sp³-hybridized carbons (Fsp3) is 0.100. The lowest BCUT2D eigenvalue weighted by molar-refractivity contribution is -0.138. The van der Waals surface area contributed by atoms with Gasteiger partial charge in [-0.15, -0.1) is 0 Å². The smallest absolute Gasteiger partial charge is 0.266 e. The Hall–Kier alpha value is -3.20. The van der Waals surface area contributed by atoms with Gasteiger partial charge in [0.1, 0.15) is 5.69 Å². The highest BCUT2D eigenvalue weighted by Gasteiger charge is 2.34. The van der Waals surface area contributed by atoms with Crippen molar-refractivity contribution >= 4 is 15.9 Å². The van der Waals surface area contributed by atoms with Gasteiger partial charge in [-0.05, 0) is 23.3 Å². The molecular weight excluding hydrogens is 405 g/mol. The van der Waals surface area contributed by atoms with Gasteiger partial charge in [-0.1, -0.05) is 54.6 Å². The number of pyridine rings is 1. The third-order valence-corrected chi connectivity index (χ3v) is 5.21. The minimum absolute atomic E-state index is 0.169. The summed E-state index contributed by atoms with van der Waals surface area (Å²) in [6, 6.07) is 16.5. The Bertz CT molecular complexity index is 1110. The molecular formula is C20H15F3N2O3S.